The Bertz CT molecular complexity index is 1340. The molecule has 1 heterocycles. The molecule has 5 nitrogen and oxygen atoms in total. The van der Waals surface area contributed by atoms with Crippen molar-refractivity contribution in [2.24, 2.45) is 0 Å². The fourth-order valence-electron chi connectivity index (χ4n) is 4.18. The number of allylic oxidation sites excluding steroid dienone is 2. The maximum Gasteiger partial charge on any atom is 0.573 e. The van der Waals surface area contributed by atoms with Crippen LogP contribution in [0.2, 0.25) is 0 Å². The summed E-state index contributed by atoms with van der Waals surface area (Å²) in [6.45, 7) is 0. The highest BCUT2D eigenvalue weighted by Crippen LogP contribution is 2.38. The number of alkyl halides is 3. The molecule has 0 saturated heterocycles. The Morgan fingerprint density at radius 2 is 1.71 bits per heavy atom. The Morgan fingerprint density at radius 1 is 0.971 bits per heavy atom. The van der Waals surface area contributed by atoms with Crippen molar-refractivity contribution < 1.29 is 26.7 Å². The van der Waals surface area contributed by atoms with Crippen molar-refractivity contribution >= 4 is 5.57 Å². The van der Waals surface area contributed by atoms with Gasteiger partial charge in [0.1, 0.15) is 0 Å². The SMILES string of the molecule is O=c1[nH]c(C2CC=C(c3ccc(OC(F)(F)F)c(F)c3F)CC2)c(Cc2ccccc2)c(=O)[nH]1. The average molecular weight is 478 g/mol. The van der Waals surface area contributed by atoms with Crippen molar-refractivity contribution in [3.05, 3.63) is 103 Å². The smallest absolute Gasteiger partial charge is 0.403 e. The topological polar surface area (TPSA) is 75.0 Å². The maximum atomic E-state index is 14.5. The minimum absolute atomic E-state index is 0.158. The highest BCUT2D eigenvalue weighted by Gasteiger charge is 2.34. The van der Waals surface area contributed by atoms with E-state index in [2.05, 4.69) is 14.7 Å². The lowest BCUT2D eigenvalue weighted by atomic mass is 9.82. The third kappa shape index (κ3) is 5.11. The van der Waals surface area contributed by atoms with Crippen molar-refractivity contribution in [3.8, 4) is 5.75 Å². The van der Waals surface area contributed by atoms with Crippen LogP contribution in [0.4, 0.5) is 22.0 Å². The Balaban J connectivity index is 1.61. The Labute approximate surface area is 189 Å². The first-order valence-corrected chi connectivity index (χ1v) is 10.4. The number of halogens is 5. The van der Waals surface area contributed by atoms with Crippen LogP contribution in [0.1, 0.15) is 47.6 Å². The molecule has 0 fully saturated rings. The number of aromatic amines is 2. The van der Waals surface area contributed by atoms with Crippen LogP contribution >= 0.6 is 0 Å². The van der Waals surface area contributed by atoms with Crippen molar-refractivity contribution in [3.63, 3.8) is 0 Å². The Hall–Kier alpha value is -3.69. The normalized spacial score (nSPS) is 16.3. The van der Waals surface area contributed by atoms with E-state index in [9.17, 15) is 31.5 Å². The fraction of sp³-hybridized carbons (Fsp3) is 0.250. The molecule has 2 N–H and O–H groups in total. The number of rotatable bonds is 5. The lowest BCUT2D eigenvalue weighted by molar-refractivity contribution is -0.275. The summed E-state index contributed by atoms with van der Waals surface area (Å²) in [7, 11) is 0. The van der Waals surface area contributed by atoms with Crippen LogP contribution in [-0.2, 0) is 6.42 Å². The molecule has 10 heteroatoms. The number of nitrogens with one attached hydrogen (secondary N) is 2. The van der Waals surface area contributed by atoms with E-state index in [4.69, 9.17) is 0 Å². The summed E-state index contributed by atoms with van der Waals surface area (Å²) in [4.78, 5) is 29.4. The van der Waals surface area contributed by atoms with Gasteiger partial charge in [0.15, 0.2) is 11.6 Å². The molecule has 0 radical (unpaired) electrons. The van der Waals surface area contributed by atoms with Crippen LogP contribution in [0.15, 0.2) is 58.1 Å². The highest BCUT2D eigenvalue weighted by atomic mass is 19.4. The largest absolute Gasteiger partial charge is 0.573 e. The number of ether oxygens (including phenoxy) is 1. The summed E-state index contributed by atoms with van der Waals surface area (Å²) in [5.41, 5.74) is 0.905. The summed E-state index contributed by atoms with van der Waals surface area (Å²) in [6.07, 6.45) is -2.21. The second-order valence-electron chi connectivity index (χ2n) is 7.95. The van der Waals surface area contributed by atoms with Crippen LogP contribution in [0.3, 0.4) is 0 Å². The molecular formula is C24H19F5N2O3. The standard InChI is InChI=1S/C24H19F5N2O3/c25-19-16(10-11-18(20(19)26)34-24(27,28)29)14-6-8-15(9-7-14)21-17(22(32)31-23(33)30-21)12-13-4-2-1-3-5-13/h1-6,10-11,15H,7-9,12H2,(H2,30,31,32,33). The number of benzene rings is 2. The lowest BCUT2D eigenvalue weighted by Crippen LogP contribution is -2.30. The van der Waals surface area contributed by atoms with Crippen molar-refractivity contribution in [2.45, 2.75) is 38.0 Å². The molecule has 1 aromatic heterocycles. The monoisotopic (exact) mass is 478 g/mol. The van der Waals surface area contributed by atoms with Gasteiger partial charge in [-0.2, -0.15) is 4.39 Å². The molecular weight excluding hydrogens is 459 g/mol. The second-order valence-corrected chi connectivity index (χ2v) is 7.95. The zero-order valence-corrected chi connectivity index (χ0v) is 17.6. The van der Waals surface area contributed by atoms with E-state index in [0.717, 1.165) is 17.7 Å². The molecule has 178 valence electrons. The summed E-state index contributed by atoms with van der Waals surface area (Å²) >= 11 is 0. The quantitative estimate of drug-likeness (QED) is 0.496. The van der Waals surface area contributed by atoms with Gasteiger partial charge in [-0.1, -0.05) is 36.4 Å². The predicted octanol–water partition coefficient (Wildman–Crippen LogP) is 5.18. The van der Waals surface area contributed by atoms with Gasteiger partial charge in [-0.3, -0.25) is 9.78 Å². The first-order valence-electron chi connectivity index (χ1n) is 10.4. The van der Waals surface area contributed by atoms with Crippen LogP contribution in [-0.4, -0.2) is 16.3 Å². The third-order valence-corrected chi connectivity index (χ3v) is 5.74. The zero-order valence-electron chi connectivity index (χ0n) is 17.6. The first-order chi connectivity index (χ1) is 16.1. The van der Waals surface area contributed by atoms with E-state index in [1.54, 1.807) is 6.08 Å². The number of hydrogen-bond acceptors (Lipinski definition) is 3. The van der Waals surface area contributed by atoms with E-state index >= 15 is 0 Å². The summed E-state index contributed by atoms with van der Waals surface area (Å²) in [5, 5.41) is 0. The van der Waals surface area contributed by atoms with Gasteiger partial charge < -0.3 is 9.72 Å². The molecule has 0 saturated carbocycles. The van der Waals surface area contributed by atoms with Crippen molar-refractivity contribution in [2.75, 3.05) is 0 Å². The van der Waals surface area contributed by atoms with Gasteiger partial charge in [0, 0.05) is 29.2 Å². The van der Waals surface area contributed by atoms with E-state index in [-0.39, 0.29) is 17.9 Å². The summed E-state index contributed by atoms with van der Waals surface area (Å²) in [5.74, 6) is -4.64. The molecule has 1 unspecified atom stereocenters. The fourth-order valence-corrected chi connectivity index (χ4v) is 4.18. The van der Waals surface area contributed by atoms with Crippen molar-refractivity contribution in [1.29, 1.82) is 0 Å². The van der Waals surface area contributed by atoms with Gasteiger partial charge in [-0.25, -0.2) is 9.18 Å². The van der Waals surface area contributed by atoms with Crippen LogP contribution in [0.5, 0.6) is 5.75 Å². The Kier molecular flexibility index (Phi) is 6.41. The molecule has 4 rings (SSSR count). The second kappa shape index (κ2) is 9.28. The van der Waals surface area contributed by atoms with E-state index < -0.39 is 35.0 Å². The highest BCUT2D eigenvalue weighted by molar-refractivity contribution is 5.68. The molecule has 0 bridgehead atoms. The van der Waals surface area contributed by atoms with Gasteiger partial charge in [0.2, 0.25) is 5.82 Å². The van der Waals surface area contributed by atoms with Gasteiger partial charge in [0.05, 0.1) is 0 Å². The number of hydrogen-bond donors (Lipinski definition) is 2. The Morgan fingerprint density at radius 3 is 2.35 bits per heavy atom. The molecule has 0 spiro atoms. The summed E-state index contributed by atoms with van der Waals surface area (Å²) < 4.78 is 69.2. The minimum Gasteiger partial charge on any atom is -0.403 e. The minimum atomic E-state index is -5.14. The van der Waals surface area contributed by atoms with Crippen LogP contribution in [0.25, 0.3) is 5.57 Å². The molecule has 1 aliphatic carbocycles. The van der Waals surface area contributed by atoms with Gasteiger partial charge in [0.25, 0.3) is 5.56 Å². The maximum absolute atomic E-state index is 14.5. The molecule has 0 amide bonds. The van der Waals surface area contributed by atoms with Gasteiger partial charge >= 0.3 is 12.1 Å². The summed E-state index contributed by atoms with van der Waals surface area (Å²) in [6, 6.07) is 11.0. The molecule has 3 aromatic rings. The van der Waals surface area contributed by atoms with Crippen LogP contribution in [0, 0.1) is 11.6 Å². The first kappa shape index (κ1) is 23.5. The molecule has 0 aliphatic heterocycles. The van der Waals surface area contributed by atoms with Gasteiger partial charge in [-0.05, 0) is 42.5 Å². The predicted molar refractivity (Wildman–Crippen MR) is 115 cm³/mol. The molecule has 1 atom stereocenters. The van der Waals surface area contributed by atoms with Gasteiger partial charge in [-0.15, -0.1) is 13.2 Å². The van der Waals surface area contributed by atoms with Crippen molar-refractivity contribution in [1.82, 2.24) is 9.97 Å². The average Bonchev–Trinajstić information content (AvgIpc) is 2.79. The number of aromatic nitrogens is 2. The third-order valence-electron chi connectivity index (χ3n) is 5.74. The zero-order chi connectivity index (χ0) is 24.5. The van der Waals surface area contributed by atoms with E-state index in [1.165, 1.54) is 0 Å². The van der Waals surface area contributed by atoms with E-state index in [0.29, 0.717) is 36.1 Å². The lowest BCUT2D eigenvalue weighted by Gasteiger charge is -2.24. The van der Waals surface area contributed by atoms with E-state index in [1.807, 2.05) is 30.3 Å². The number of H-pyrrole nitrogens is 2. The van der Waals surface area contributed by atoms with Crippen LogP contribution < -0.4 is 16.0 Å². The molecule has 2 aromatic carbocycles. The molecule has 34 heavy (non-hydrogen) atoms. The molecule has 1 aliphatic rings.